The number of methoxy groups -OCH3 is 1. The van der Waals surface area contributed by atoms with Gasteiger partial charge in [0.05, 0.1) is 0 Å². The molecule has 0 unspecified atom stereocenters. The van der Waals surface area contributed by atoms with Gasteiger partial charge in [-0.2, -0.15) is 0 Å². The van der Waals surface area contributed by atoms with E-state index in [0.29, 0.717) is 0 Å². The Morgan fingerprint density at radius 3 is 1.35 bits per heavy atom. The van der Waals surface area contributed by atoms with E-state index in [1.165, 1.54) is 50.5 Å². The summed E-state index contributed by atoms with van der Waals surface area (Å²) in [5.41, 5.74) is -1.76. The lowest BCUT2D eigenvalue weighted by molar-refractivity contribution is -0.307. The number of ketones is 1. The molecule has 286 valence electrons. The number of allylic oxidation sites excluding steroid dienone is 8. The molecular weight excluding hydrogens is 720 g/mol. The Morgan fingerprint density at radius 2 is 0.963 bits per heavy atom. The van der Waals surface area contributed by atoms with Crippen molar-refractivity contribution >= 4 is 53.5 Å². The molecule has 0 atom stereocenters. The van der Waals surface area contributed by atoms with Gasteiger partial charge in [0.25, 0.3) is 17.4 Å². The molecule has 18 nitrogen and oxygen atoms in total. The summed E-state index contributed by atoms with van der Waals surface area (Å²) < 4.78 is 47.0. The number of hydrogen-bond acceptors (Lipinski definition) is 18. The fourth-order valence-corrected chi connectivity index (χ4v) is 5.77. The topological polar surface area (TPSA) is 237 Å². The first-order chi connectivity index (χ1) is 25.4. The van der Waals surface area contributed by atoms with Crippen LogP contribution in [0.25, 0.3) is 0 Å². The second-order valence-electron chi connectivity index (χ2n) is 12.8. The lowest BCUT2D eigenvalue weighted by Crippen LogP contribution is -2.58. The standard InChI is InChI=1S/C36H34O18/c1-20(37)34(3)49-27(40)22(28(41)50-34)13-8-6-10-15-24-31(44)53-36(54-32(24)45)17-11-16-35(18-36)51-29(42)23(30(43)52-35)14-9-5-7-12-21-25(38)47-33(2,19-46-4)48-26(21)39/h5-6,8-9,12-15H,7,10-11,16-19H2,1-4H3. The van der Waals surface area contributed by atoms with Crippen molar-refractivity contribution in [2.24, 2.45) is 0 Å². The van der Waals surface area contributed by atoms with E-state index in [2.05, 4.69) is 0 Å². The van der Waals surface area contributed by atoms with Crippen molar-refractivity contribution in [3.8, 4) is 0 Å². The average molecular weight is 755 g/mol. The molecule has 4 saturated heterocycles. The lowest BCUT2D eigenvalue weighted by Gasteiger charge is -2.47. The first-order valence-electron chi connectivity index (χ1n) is 16.4. The zero-order valence-corrected chi connectivity index (χ0v) is 29.4. The van der Waals surface area contributed by atoms with Gasteiger partial charge >= 0.3 is 53.5 Å². The minimum absolute atomic E-state index is 0.0118. The number of Topliss-reactive ketones (excluding diaryl/α,β-unsaturated/α-hetero) is 1. The summed E-state index contributed by atoms with van der Waals surface area (Å²) in [4.78, 5) is 112. The van der Waals surface area contributed by atoms with Gasteiger partial charge in [-0.25, -0.2) is 38.4 Å². The highest BCUT2D eigenvalue weighted by atomic mass is 16.8. The van der Waals surface area contributed by atoms with Crippen molar-refractivity contribution in [3.05, 3.63) is 70.9 Å². The molecule has 0 aromatic carbocycles. The van der Waals surface area contributed by atoms with Gasteiger partial charge < -0.3 is 42.6 Å². The van der Waals surface area contributed by atoms with Crippen molar-refractivity contribution in [3.63, 3.8) is 0 Å². The molecule has 5 fully saturated rings. The molecule has 0 bridgehead atoms. The number of cyclic esters (lactones) is 4. The van der Waals surface area contributed by atoms with E-state index >= 15 is 0 Å². The minimum Gasteiger partial charge on any atom is -0.418 e. The predicted octanol–water partition coefficient (Wildman–Crippen LogP) is 1.62. The zero-order valence-electron chi connectivity index (χ0n) is 29.4. The third kappa shape index (κ3) is 8.22. The van der Waals surface area contributed by atoms with Gasteiger partial charge in [0.2, 0.25) is 5.78 Å². The molecule has 0 N–H and O–H groups in total. The molecule has 2 spiro atoms. The molecule has 1 aliphatic carbocycles. The van der Waals surface area contributed by atoms with Crippen LogP contribution in [-0.4, -0.2) is 90.4 Å². The van der Waals surface area contributed by atoms with Gasteiger partial charge in [-0.05, 0) is 31.4 Å². The summed E-state index contributed by atoms with van der Waals surface area (Å²) in [6, 6.07) is 0. The monoisotopic (exact) mass is 754 g/mol. The summed E-state index contributed by atoms with van der Waals surface area (Å²) >= 11 is 0. The summed E-state index contributed by atoms with van der Waals surface area (Å²) in [6.45, 7) is 3.44. The Morgan fingerprint density at radius 1 is 0.593 bits per heavy atom. The summed E-state index contributed by atoms with van der Waals surface area (Å²) in [5, 5.41) is 0. The molecule has 0 amide bonds. The van der Waals surface area contributed by atoms with E-state index in [0.717, 1.165) is 26.0 Å². The molecule has 54 heavy (non-hydrogen) atoms. The fourth-order valence-electron chi connectivity index (χ4n) is 5.77. The number of hydrogen-bond donors (Lipinski definition) is 0. The van der Waals surface area contributed by atoms with Crippen LogP contribution >= 0.6 is 0 Å². The SMILES string of the molecule is COCC1(C)OC(=O)C(=CCC=CC=C2C(=O)OC3(CCCC4(C3)OC(=O)C(=CCC=CC=C3C(=O)OC(C)(C(C)=O)OC3=O)C(=O)O4)OC2=O)C(=O)O1. The molecule has 5 rings (SSSR count). The van der Waals surface area contributed by atoms with E-state index < -0.39 is 99.8 Å². The fraction of sp³-hybridized carbons (Fsp3) is 0.417. The Labute approximate surface area is 306 Å². The van der Waals surface area contributed by atoms with Crippen molar-refractivity contribution in [1.82, 2.24) is 0 Å². The smallest absolute Gasteiger partial charge is 0.349 e. The molecule has 4 aliphatic heterocycles. The first kappa shape index (κ1) is 39.0. The number of rotatable bonds is 9. The quantitative estimate of drug-likeness (QED) is 0.141. The third-order valence-corrected chi connectivity index (χ3v) is 8.48. The van der Waals surface area contributed by atoms with Crippen molar-refractivity contribution in [2.75, 3.05) is 13.7 Å². The van der Waals surface area contributed by atoms with Crippen LogP contribution in [0.5, 0.6) is 0 Å². The highest BCUT2D eigenvalue weighted by molar-refractivity contribution is 6.18. The summed E-state index contributed by atoms with van der Waals surface area (Å²) in [6.07, 6.45) is 9.67. The Bertz CT molecular complexity index is 1820. The molecule has 0 aromatic rings. The Hall–Kier alpha value is -6.17. The molecule has 18 heteroatoms. The predicted molar refractivity (Wildman–Crippen MR) is 172 cm³/mol. The largest absolute Gasteiger partial charge is 0.418 e. The van der Waals surface area contributed by atoms with Crippen LogP contribution in [0, 0.1) is 0 Å². The molecule has 5 aliphatic rings. The van der Waals surface area contributed by atoms with Crippen molar-refractivity contribution in [2.45, 2.75) is 82.4 Å². The van der Waals surface area contributed by atoms with Crippen LogP contribution in [0.1, 0.15) is 59.3 Å². The number of esters is 8. The Kier molecular flexibility index (Phi) is 10.9. The average Bonchev–Trinajstić information content (AvgIpc) is 3.04. The van der Waals surface area contributed by atoms with E-state index in [1.807, 2.05) is 0 Å². The van der Waals surface area contributed by atoms with E-state index in [4.69, 9.17) is 42.6 Å². The van der Waals surface area contributed by atoms with E-state index in [1.54, 1.807) is 0 Å². The maximum atomic E-state index is 12.9. The van der Waals surface area contributed by atoms with Gasteiger partial charge in [0.15, 0.2) is 0 Å². The lowest BCUT2D eigenvalue weighted by atomic mass is 9.87. The van der Waals surface area contributed by atoms with Crippen LogP contribution in [0.4, 0.5) is 0 Å². The first-order valence-corrected chi connectivity index (χ1v) is 16.4. The molecule has 4 heterocycles. The second-order valence-corrected chi connectivity index (χ2v) is 12.8. The zero-order chi connectivity index (χ0) is 39.5. The van der Waals surface area contributed by atoms with Gasteiger partial charge in [-0.3, -0.25) is 4.79 Å². The van der Waals surface area contributed by atoms with Gasteiger partial charge in [-0.1, -0.05) is 36.5 Å². The number of carbonyl (C=O) groups is 9. The summed E-state index contributed by atoms with van der Waals surface area (Å²) in [7, 11) is 1.35. The normalized spacial score (nSPS) is 29.9. The van der Waals surface area contributed by atoms with Gasteiger partial charge in [0.1, 0.15) is 35.3 Å². The van der Waals surface area contributed by atoms with E-state index in [-0.39, 0.29) is 44.3 Å². The highest BCUT2D eigenvalue weighted by Gasteiger charge is 2.59. The molecular formula is C36H34O18. The maximum absolute atomic E-state index is 12.9. The highest BCUT2D eigenvalue weighted by Crippen LogP contribution is 2.46. The van der Waals surface area contributed by atoms with Crippen LogP contribution < -0.4 is 0 Å². The Balaban J connectivity index is 1.16. The van der Waals surface area contributed by atoms with Crippen molar-refractivity contribution in [1.29, 1.82) is 0 Å². The van der Waals surface area contributed by atoms with Crippen LogP contribution in [0.15, 0.2) is 70.9 Å². The van der Waals surface area contributed by atoms with Crippen LogP contribution in [0.2, 0.25) is 0 Å². The van der Waals surface area contributed by atoms with Gasteiger partial charge in [-0.15, -0.1) is 0 Å². The van der Waals surface area contributed by atoms with Gasteiger partial charge in [0, 0.05) is 40.7 Å². The van der Waals surface area contributed by atoms with Crippen LogP contribution in [-0.2, 0) is 85.8 Å². The third-order valence-electron chi connectivity index (χ3n) is 8.48. The van der Waals surface area contributed by atoms with E-state index in [9.17, 15) is 43.2 Å². The van der Waals surface area contributed by atoms with Crippen LogP contribution in [0.3, 0.4) is 0 Å². The molecule has 1 saturated carbocycles. The molecule has 0 radical (unpaired) electrons. The molecule has 0 aromatic heterocycles. The number of carbonyl (C=O) groups excluding carboxylic acids is 9. The minimum atomic E-state index is -2.03. The second kappa shape index (κ2) is 15.1. The number of ether oxygens (including phenoxy) is 9. The summed E-state index contributed by atoms with van der Waals surface area (Å²) in [5.74, 6) is -16.2. The maximum Gasteiger partial charge on any atom is 0.349 e. The van der Waals surface area contributed by atoms with Crippen molar-refractivity contribution < 1.29 is 85.8 Å².